The molecule has 0 aromatic heterocycles. The van der Waals surface area contributed by atoms with E-state index in [4.69, 9.17) is 5.73 Å². The van der Waals surface area contributed by atoms with Gasteiger partial charge in [-0.3, -0.25) is 4.79 Å². The van der Waals surface area contributed by atoms with Crippen molar-refractivity contribution < 1.29 is 14.4 Å². The minimum Gasteiger partial charge on any atom is -0.345 e. The third-order valence-corrected chi connectivity index (χ3v) is 1.29. The second-order valence-corrected chi connectivity index (χ2v) is 2.26. The Morgan fingerprint density at radius 2 is 2.17 bits per heavy atom. The topological polar surface area (TPSA) is 89.3 Å². The quantitative estimate of drug-likeness (QED) is 0.482. The van der Waals surface area contributed by atoms with E-state index in [9.17, 15) is 14.4 Å². The van der Waals surface area contributed by atoms with Crippen LogP contribution < -0.4 is 11.1 Å². The van der Waals surface area contributed by atoms with Crippen LogP contribution in [0, 0.1) is 0 Å². The average Bonchev–Trinajstić information content (AvgIpc) is 2.11. The molecule has 0 aromatic carbocycles. The molecule has 0 spiro atoms. The SMILES string of the molecule is NCC(=O)NC(C=O)CCC=O. The Hall–Kier alpha value is -1.23. The van der Waals surface area contributed by atoms with Gasteiger partial charge in [-0.2, -0.15) is 0 Å². The molecule has 3 N–H and O–H groups in total. The van der Waals surface area contributed by atoms with Crippen LogP contribution in [0.1, 0.15) is 12.8 Å². The molecule has 0 bridgehead atoms. The van der Waals surface area contributed by atoms with E-state index in [1.54, 1.807) is 0 Å². The predicted octanol–water partition coefficient (Wildman–Crippen LogP) is -1.39. The van der Waals surface area contributed by atoms with Gasteiger partial charge in [0.2, 0.25) is 5.91 Å². The molecule has 1 unspecified atom stereocenters. The van der Waals surface area contributed by atoms with Crippen LogP contribution in [-0.4, -0.2) is 31.1 Å². The van der Waals surface area contributed by atoms with Crippen molar-refractivity contribution in [3.05, 3.63) is 0 Å². The Kier molecular flexibility index (Phi) is 5.81. The zero-order chi connectivity index (χ0) is 9.40. The Bertz CT molecular complexity index is 170. The lowest BCUT2D eigenvalue weighted by molar-refractivity contribution is -0.123. The number of carbonyl (C=O) groups excluding carboxylic acids is 3. The maximum absolute atomic E-state index is 10.7. The van der Waals surface area contributed by atoms with Crippen molar-refractivity contribution >= 4 is 18.5 Å². The first kappa shape index (κ1) is 10.8. The lowest BCUT2D eigenvalue weighted by atomic mass is 10.2. The van der Waals surface area contributed by atoms with Crippen LogP contribution in [0.25, 0.3) is 0 Å². The molecule has 12 heavy (non-hydrogen) atoms. The van der Waals surface area contributed by atoms with Gasteiger partial charge in [0.05, 0.1) is 12.6 Å². The highest BCUT2D eigenvalue weighted by molar-refractivity contribution is 5.81. The molecule has 0 aliphatic heterocycles. The van der Waals surface area contributed by atoms with Crippen LogP contribution >= 0.6 is 0 Å². The first-order chi connectivity index (χ1) is 5.74. The molecule has 0 aliphatic carbocycles. The fraction of sp³-hybridized carbons (Fsp3) is 0.571. The van der Waals surface area contributed by atoms with Gasteiger partial charge in [-0.05, 0) is 6.42 Å². The van der Waals surface area contributed by atoms with Gasteiger partial charge in [0.1, 0.15) is 12.6 Å². The van der Waals surface area contributed by atoms with Gasteiger partial charge in [0, 0.05) is 6.42 Å². The summed E-state index contributed by atoms with van der Waals surface area (Å²) in [5.41, 5.74) is 5.01. The minimum absolute atomic E-state index is 0.147. The van der Waals surface area contributed by atoms with Crippen molar-refractivity contribution in [2.24, 2.45) is 5.73 Å². The zero-order valence-corrected chi connectivity index (χ0v) is 6.66. The Labute approximate surface area is 70.3 Å². The smallest absolute Gasteiger partial charge is 0.234 e. The fourth-order valence-electron chi connectivity index (χ4n) is 0.688. The lowest BCUT2D eigenvalue weighted by Gasteiger charge is -2.09. The lowest BCUT2D eigenvalue weighted by Crippen LogP contribution is -2.39. The van der Waals surface area contributed by atoms with Crippen molar-refractivity contribution in [2.75, 3.05) is 6.54 Å². The van der Waals surface area contributed by atoms with Crippen LogP contribution in [-0.2, 0) is 14.4 Å². The summed E-state index contributed by atoms with van der Waals surface area (Å²) in [4.78, 5) is 30.9. The van der Waals surface area contributed by atoms with Crippen molar-refractivity contribution in [3.63, 3.8) is 0 Å². The molecule has 0 aromatic rings. The summed E-state index contributed by atoms with van der Waals surface area (Å²) in [6, 6.07) is -0.591. The van der Waals surface area contributed by atoms with Crippen molar-refractivity contribution in [2.45, 2.75) is 18.9 Å². The predicted molar refractivity (Wildman–Crippen MR) is 42.3 cm³/mol. The van der Waals surface area contributed by atoms with Crippen LogP contribution in [0.15, 0.2) is 0 Å². The van der Waals surface area contributed by atoms with Crippen molar-refractivity contribution in [1.29, 1.82) is 0 Å². The van der Waals surface area contributed by atoms with Crippen LogP contribution in [0.4, 0.5) is 0 Å². The van der Waals surface area contributed by atoms with E-state index in [1.807, 2.05) is 0 Å². The molecular formula is C7H12N2O3. The molecule has 5 nitrogen and oxygen atoms in total. The van der Waals surface area contributed by atoms with E-state index in [0.717, 1.165) is 0 Å². The number of aldehydes is 2. The van der Waals surface area contributed by atoms with Gasteiger partial charge in [-0.25, -0.2) is 0 Å². The van der Waals surface area contributed by atoms with Crippen LogP contribution in [0.5, 0.6) is 0 Å². The highest BCUT2D eigenvalue weighted by Crippen LogP contribution is 1.90. The van der Waals surface area contributed by atoms with Crippen molar-refractivity contribution in [3.8, 4) is 0 Å². The third-order valence-electron chi connectivity index (χ3n) is 1.29. The number of rotatable bonds is 6. The Morgan fingerprint density at radius 3 is 2.58 bits per heavy atom. The maximum Gasteiger partial charge on any atom is 0.234 e. The van der Waals surface area contributed by atoms with E-state index in [2.05, 4.69) is 5.32 Å². The van der Waals surface area contributed by atoms with Crippen LogP contribution in [0.3, 0.4) is 0 Å². The summed E-state index contributed by atoms with van der Waals surface area (Å²) >= 11 is 0. The van der Waals surface area contributed by atoms with E-state index < -0.39 is 11.9 Å². The normalized spacial score (nSPS) is 11.8. The molecule has 1 amide bonds. The monoisotopic (exact) mass is 172 g/mol. The van der Waals surface area contributed by atoms with E-state index in [1.165, 1.54) is 0 Å². The zero-order valence-electron chi connectivity index (χ0n) is 6.66. The largest absolute Gasteiger partial charge is 0.345 e. The number of amides is 1. The number of nitrogens with two attached hydrogens (primary N) is 1. The van der Waals surface area contributed by atoms with Gasteiger partial charge in [0.15, 0.2) is 0 Å². The van der Waals surface area contributed by atoms with E-state index in [0.29, 0.717) is 19.0 Å². The summed E-state index contributed by atoms with van der Waals surface area (Å²) in [7, 11) is 0. The number of nitrogens with one attached hydrogen (secondary N) is 1. The molecule has 0 rings (SSSR count). The highest BCUT2D eigenvalue weighted by atomic mass is 16.2. The van der Waals surface area contributed by atoms with Gasteiger partial charge in [-0.15, -0.1) is 0 Å². The molecule has 5 heteroatoms. The summed E-state index contributed by atoms with van der Waals surface area (Å²) < 4.78 is 0. The van der Waals surface area contributed by atoms with Gasteiger partial charge in [-0.1, -0.05) is 0 Å². The number of carbonyl (C=O) groups is 3. The summed E-state index contributed by atoms with van der Waals surface area (Å²) in [6.45, 7) is -0.147. The van der Waals surface area contributed by atoms with Crippen molar-refractivity contribution in [1.82, 2.24) is 5.32 Å². The molecule has 68 valence electrons. The third kappa shape index (κ3) is 4.56. The first-order valence-corrected chi connectivity index (χ1v) is 3.63. The second-order valence-electron chi connectivity index (χ2n) is 2.26. The molecule has 0 saturated heterocycles. The average molecular weight is 172 g/mol. The van der Waals surface area contributed by atoms with Gasteiger partial charge in [0.25, 0.3) is 0 Å². The maximum atomic E-state index is 10.7. The first-order valence-electron chi connectivity index (χ1n) is 3.63. The van der Waals surface area contributed by atoms with Gasteiger partial charge >= 0.3 is 0 Å². The molecule has 1 atom stereocenters. The summed E-state index contributed by atoms with van der Waals surface area (Å²) in [5, 5.41) is 2.36. The standard InChI is InChI=1S/C7H12N2O3/c8-4-7(12)9-6(5-11)2-1-3-10/h3,5-6H,1-2,4,8H2,(H,9,12). The number of hydrogen-bond donors (Lipinski definition) is 2. The fourth-order valence-corrected chi connectivity index (χ4v) is 0.688. The molecule has 0 heterocycles. The van der Waals surface area contributed by atoms with E-state index in [-0.39, 0.29) is 13.0 Å². The molecule has 0 radical (unpaired) electrons. The number of hydrogen-bond acceptors (Lipinski definition) is 4. The Balaban J connectivity index is 3.73. The summed E-state index contributed by atoms with van der Waals surface area (Å²) in [5.74, 6) is -0.391. The molecular weight excluding hydrogens is 160 g/mol. The molecule has 0 saturated carbocycles. The summed E-state index contributed by atoms with van der Waals surface area (Å²) in [6.07, 6.45) is 1.88. The highest BCUT2D eigenvalue weighted by Gasteiger charge is 2.08. The minimum atomic E-state index is -0.591. The van der Waals surface area contributed by atoms with Gasteiger partial charge < -0.3 is 20.6 Å². The van der Waals surface area contributed by atoms with Crippen LogP contribution in [0.2, 0.25) is 0 Å². The molecule has 0 aliphatic rings. The Morgan fingerprint density at radius 1 is 1.50 bits per heavy atom. The second kappa shape index (κ2) is 6.48. The van der Waals surface area contributed by atoms with E-state index >= 15 is 0 Å². The molecule has 0 fully saturated rings.